The molecule has 0 amide bonds. The van der Waals surface area contributed by atoms with Crippen LogP contribution in [0.3, 0.4) is 0 Å². The summed E-state index contributed by atoms with van der Waals surface area (Å²) in [5.74, 6) is -0.341. The quantitative estimate of drug-likeness (QED) is 0.753. The van der Waals surface area contributed by atoms with Crippen molar-refractivity contribution in [3.63, 3.8) is 0 Å². The normalized spacial score (nSPS) is 12.1. The molecule has 1 aromatic rings. The topological polar surface area (TPSA) is 58.6 Å². The molecular weight excluding hydrogens is 182 g/mol. The third-order valence-electron chi connectivity index (χ3n) is 1.99. The van der Waals surface area contributed by atoms with Crippen LogP contribution in [-0.2, 0) is 4.79 Å². The minimum Gasteiger partial charge on any atom is -0.496 e. The van der Waals surface area contributed by atoms with Crippen molar-refractivity contribution in [3.05, 3.63) is 29.8 Å². The summed E-state index contributed by atoms with van der Waals surface area (Å²) in [6.07, 6.45) is 0. The monoisotopic (exact) mass is 195 g/mol. The molecule has 1 atom stereocenters. The van der Waals surface area contributed by atoms with Crippen molar-refractivity contribution >= 4 is 5.97 Å². The van der Waals surface area contributed by atoms with Gasteiger partial charge in [0.05, 0.1) is 7.11 Å². The molecule has 0 aliphatic carbocycles. The Morgan fingerprint density at radius 1 is 1.50 bits per heavy atom. The highest BCUT2D eigenvalue weighted by atomic mass is 16.5. The molecule has 0 bridgehead atoms. The second-order valence-electron chi connectivity index (χ2n) is 2.80. The summed E-state index contributed by atoms with van der Waals surface area (Å²) >= 11 is 0. The van der Waals surface area contributed by atoms with E-state index in [1.165, 1.54) is 7.11 Å². The Hall–Kier alpha value is -1.55. The van der Waals surface area contributed by atoms with E-state index in [4.69, 9.17) is 9.84 Å². The second kappa shape index (κ2) is 4.62. The van der Waals surface area contributed by atoms with Gasteiger partial charge in [-0.1, -0.05) is 18.2 Å². The minimum atomic E-state index is -0.919. The van der Waals surface area contributed by atoms with Gasteiger partial charge in [0.2, 0.25) is 0 Å². The van der Waals surface area contributed by atoms with Gasteiger partial charge in [-0.2, -0.15) is 0 Å². The van der Waals surface area contributed by atoms with Crippen LogP contribution < -0.4 is 10.1 Å². The molecule has 2 N–H and O–H groups in total. The third kappa shape index (κ3) is 2.03. The molecule has 0 saturated carbocycles. The zero-order valence-corrected chi connectivity index (χ0v) is 8.15. The number of hydrogen-bond acceptors (Lipinski definition) is 3. The van der Waals surface area contributed by atoms with E-state index in [0.717, 1.165) is 0 Å². The van der Waals surface area contributed by atoms with Gasteiger partial charge in [0.15, 0.2) is 0 Å². The van der Waals surface area contributed by atoms with Crippen LogP contribution in [0.1, 0.15) is 11.6 Å². The Morgan fingerprint density at radius 2 is 2.14 bits per heavy atom. The van der Waals surface area contributed by atoms with Gasteiger partial charge in [-0.15, -0.1) is 0 Å². The van der Waals surface area contributed by atoms with Crippen LogP contribution in [-0.4, -0.2) is 25.2 Å². The molecule has 76 valence electrons. The number of carboxylic acids is 1. The maximum atomic E-state index is 10.9. The van der Waals surface area contributed by atoms with Crippen LogP contribution >= 0.6 is 0 Å². The van der Waals surface area contributed by atoms with Crippen LogP contribution in [0.4, 0.5) is 0 Å². The van der Waals surface area contributed by atoms with Gasteiger partial charge >= 0.3 is 5.97 Å². The standard InChI is InChI=1S/C10H13NO3/c1-11-9(10(12)13)7-5-3-4-6-8(7)14-2/h3-6,9,11H,1-2H3,(H,12,13). The highest BCUT2D eigenvalue weighted by Crippen LogP contribution is 2.24. The number of likely N-dealkylation sites (N-methyl/N-ethyl adjacent to an activating group) is 1. The van der Waals surface area contributed by atoms with E-state index in [0.29, 0.717) is 11.3 Å². The lowest BCUT2D eigenvalue weighted by Crippen LogP contribution is -2.25. The van der Waals surface area contributed by atoms with Crippen molar-refractivity contribution in [2.45, 2.75) is 6.04 Å². The van der Waals surface area contributed by atoms with Gasteiger partial charge in [0, 0.05) is 5.56 Å². The molecule has 0 aromatic heterocycles. The van der Waals surface area contributed by atoms with Crippen LogP contribution in [0, 0.1) is 0 Å². The largest absolute Gasteiger partial charge is 0.496 e. The summed E-state index contributed by atoms with van der Waals surface area (Å²) in [6.45, 7) is 0. The van der Waals surface area contributed by atoms with Gasteiger partial charge < -0.3 is 15.2 Å². The van der Waals surface area contributed by atoms with Crippen LogP contribution in [0.5, 0.6) is 5.75 Å². The minimum absolute atomic E-state index is 0.578. The highest BCUT2D eigenvalue weighted by molar-refractivity contribution is 5.76. The molecule has 0 fully saturated rings. The summed E-state index contributed by atoms with van der Waals surface area (Å²) in [7, 11) is 3.12. The van der Waals surface area contributed by atoms with E-state index in [1.807, 2.05) is 0 Å². The Bertz CT molecular complexity index is 325. The average Bonchev–Trinajstić information content (AvgIpc) is 2.19. The van der Waals surface area contributed by atoms with Crippen LogP contribution in [0.25, 0.3) is 0 Å². The van der Waals surface area contributed by atoms with E-state index in [9.17, 15) is 4.79 Å². The molecule has 0 aliphatic rings. The molecule has 1 rings (SSSR count). The molecule has 14 heavy (non-hydrogen) atoms. The third-order valence-corrected chi connectivity index (χ3v) is 1.99. The Balaban J connectivity index is 3.08. The van der Waals surface area contributed by atoms with E-state index in [-0.39, 0.29) is 0 Å². The van der Waals surface area contributed by atoms with Crippen molar-refractivity contribution in [1.82, 2.24) is 5.32 Å². The number of nitrogens with one attached hydrogen (secondary N) is 1. The van der Waals surface area contributed by atoms with Crippen molar-refractivity contribution in [2.24, 2.45) is 0 Å². The lowest BCUT2D eigenvalue weighted by Gasteiger charge is -2.14. The molecule has 0 aliphatic heterocycles. The van der Waals surface area contributed by atoms with E-state index in [2.05, 4.69) is 5.32 Å². The molecule has 4 heteroatoms. The Morgan fingerprint density at radius 3 is 2.64 bits per heavy atom. The summed E-state index contributed by atoms with van der Waals surface area (Å²) in [4.78, 5) is 10.9. The molecular formula is C10H13NO3. The predicted molar refractivity (Wildman–Crippen MR) is 52.4 cm³/mol. The van der Waals surface area contributed by atoms with Crippen molar-refractivity contribution < 1.29 is 14.6 Å². The maximum absolute atomic E-state index is 10.9. The van der Waals surface area contributed by atoms with Crippen LogP contribution in [0.15, 0.2) is 24.3 Å². The lowest BCUT2D eigenvalue weighted by molar-refractivity contribution is -0.139. The summed E-state index contributed by atoms with van der Waals surface area (Å²) in [5, 5.41) is 11.6. The number of ether oxygens (including phenoxy) is 1. The number of benzene rings is 1. The number of para-hydroxylation sites is 1. The first kappa shape index (κ1) is 10.5. The van der Waals surface area contributed by atoms with Crippen molar-refractivity contribution in [1.29, 1.82) is 0 Å². The molecule has 0 heterocycles. The number of rotatable bonds is 4. The molecule has 4 nitrogen and oxygen atoms in total. The van der Waals surface area contributed by atoms with Gasteiger partial charge in [-0.05, 0) is 13.1 Å². The first-order valence-electron chi connectivity index (χ1n) is 4.23. The summed E-state index contributed by atoms with van der Waals surface area (Å²) in [5.41, 5.74) is 0.630. The number of carboxylic acid groups (broad SMARTS) is 1. The average molecular weight is 195 g/mol. The Labute approximate surface area is 82.5 Å². The molecule has 1 aromatic carbocycles. The summed E-state index contributed by atoms with van der Waals surface area (Å²) in [6, 6.07) is 6.32. The zero-order chi connectivity index (χ0) is 10.6. The molecule has 0 radical (unpaired) electrons. The summed E-state index contributed by atoms with van der Waals surface area (Å²) < 4.78 is 5.07. The first-order chi connectivity index (χ1) is 6.70. The molecule has 0 spiro atoms. The van der Waals surface area contributed by atoms with Gasteiger partial charge in [-0.25, -0.2) is 0 Å². The fourth-order valence-electron chi connectivity index (χ4n) is 1.32. The van der Waals surface area contributed by atoms with E-state index >= 15 is 0 Å². The number of hydrogen-bond donors (Lipinski definition) is 2. The maximum Gasteiger partial charge on any atom is 0.325 e. The molecule has 0 saturated heterocycles. The molecule has 1 unspecified atom stereocenters. The zero-order valence-electron chi connectivity index (χ0n) is 8.15. The first-order valence-corrected chi connectivity index (χ1v) is 4.23. The Kier molecular flexibility index (Phi) is 3.48. The van der Waals surface area contributed by atoms with Crippen molar-refractivity contribution in [2.75, 3.05) is 14.2 Å². The second-order valence-corrected chi connectivity index (χ2v) is 2.80. The SMILES string of the molecule is CNC(C(=O)O)c1ccccc1OC. The number of aliphatic carboxylic acids is 1. The van der Waals surface area contributed by atoms with Gasteiger partial charge in [-0.3, -0.25) is 4.79 Å². The predicted octanol–water partition coefficient (Wildman–Crippen LogP) is 1.04. The van der Waals surface area contributed by atoms with Gasteiger partial charge in [0.25, 0.3) is 0 Å². The van der Waals surface area contributed by atoms with Crippen LogP contribution in [0.2, 0.25) is 0 Å². The lowest BCUT2D eigenvalue weighted by atomic mass is 10.1. The highest BCUT2D eigenvalue weighted by Gasteiger charge is 2.20. The van der Waals surface area contributed by atoms with Crippen molar-refractivity contribution in [3.8, 4) is 5.75 Å². The van der Waals surface area contributed by atoms with E-state index in [1.54, 1.807) is 31.3 Å². The fraction of sp³-hybridized carbons (Fsp3) is 0.300. The number of methoxy groups -OCH3 is 1. The van der Waals surface area contributed by atoms with Gasteiger partial charge in [0.1, 0.15) is 11.8 Å². The number of carbonyl (C=O) groups is 1. The van der Waals surface area contributed by atoms with E-state index < -0.39 is 12.0 Å². The smallest absolute Gasteiger partial charge is 0.325 e. The fourth-order valence-corrected chi connectivity index (χ4v) is 1.32.